The Labute approximate surface area is 200 Å². The van der Waals surface area contributed by atoms with Crippen LogP contribution in [0.15, 0.2) is 60.0 Å². The number of aromatic nitrogens is 2. The number of urea groups is 1. The zero-order valence-corrected chi connectivity index (χ0v) is 19.6. The number of primary amides is 1. The molecule has 10 heteroatoms. The van der Waals surface area contributed by atoms with Gasteiger partial charge in [-0.15, -0.1) is 11.3 Å². The second kappa shape index (κ2) is 9.75. The van der Waals surface area contributed by atoms with Crippen LogP contribution in [-0.2, 0) is 11.3 Å². The first-order valence-corrected chi connectivity index (χ1v) is 11.4. The van der Waals surface area contributed by atoms with Gasteiger partial charge in [-0.1, -0.05) is 17.7 Å². The molecule has 0 spiro atoms. The average Bonchev–Trinajstić information content (AvgIpc) is 3.43. The van der Waals surface area contributed by atoms with Crippen molar-refractivity contribution in [3.8, 4) is 0 Å². The molecule has 4 rings (SSSR count). The molecule has 9 nitrogen and oxygen atoms in total. The summed E-state index contributed by atoms with van der Waals surface area (Å²) in [7, 11) is 1.70. The van der Waals surface area contributed by atoms with Gasteiger partial charge in [0.15, 0.2) is 0 Å². The maximum atomic E-state index is 12.9. The third kappa shape index (κ3) is 5.07. The molecule has 174 valence electrons. The Balaban J connectivity index is 1.63. The van der Waals surface area contributed by atoms with Crippen LogP contribution in [0.5, 0.6) is 0 Å². The van der Waals surface area contributed by atoms with Gasteiger partial charge in [0.25, 0.3) is 5.91 Å². The normalized spacial score (nSPS) is 10.8. The Morgan fingerprint density at radius 3 is 2.53 bits per heavy atom. The zero-order chi connectivity index (χ0) is 24.2. The molecule has 2 aromatic carbocycles. The van der Waals surface area contributed by atoms with E-state index in [-0.39, 0.29) is 24.8 Å². The number of hydrogen-bond acceptors (Lipinski definition) is 5. The molecule has 0 fully saturated rings. The molecule has 0 saturated heterocycles. The lowest BCUT2D eigenvalue weighted by molar-refractivity contribution is -0.118. The summed E-state index contributed by atoms with van der Waals surface area (Å²) in [5.74, 6) is -0.341. The van der Waals surface area contributed by atoms with E-state index < -0.39 is 11.9 Å². The molecule has 0 saturated carbocycles. The van der Waals surface area contributed by atoms with Crippen molar-refractivity contribution >= 4 is 56.9 Å². The average molecular weight is 477 g/mol. The van der Waals surface area contributed by atoms with E-state index in [2.05, 4.69) is 15.6 Å². The highest BCUT2D eigenvalue weighted by atomic mass is 32.1. The molecule has 0 bridgehead atoms. The molecule has 0 aliphatic carbocycles. The molecule has 0 unspecified atom stereocenters. The number of thiophene rings is 1. The molecule has 0 radical (unpaired) electrons. The van der Waals surface area contributed by atoms with Crippen LogP contribution in [-0.4, -0.2) is 34.4 Å². The van der Waals surface area contributed by atoms with Gasteiger partial charge in [0, 0.05) is 31.3 Å². The van der Waals surface area contributed by atoms with Crippen LogP contribution in [0.1, 0.15) is 22.3 Å². The Morgan fingerprint density at radius 1 is 1.09 bits per heavy atom. The molecular weight excluding hydrogens is 452 g/mol. The minimum Gasteiger partial charge on any atom is -0.370 e. The Hall–Kier alpha value is -4.18. The second-order valence-electron chi connectivity index (χ2n) is 7.76. The fourth-order valence-electron chi connectivity index (χ4n) is 3.47. The highest BCUT2D eigenvalue weighted by Crippen LogP contribution is 2.26. The molecule has 0 aliphatic heterocycles. The molecule has 0 aliphatic rings. The topological polar surface area (TPSA) is 122 Å². The van der Waals surface area contributed by atoms with Crippen LogP contribution in [0, 0.1) is 6.92 Å². The summed E-state index contributed by atoms with van der Waals surface area (Å²) in [6.45, 7) is 2.21. The minimum absolute atomic E-state index is 0.0836. The standard InChI is InChI=1S/C24H24N6O3S/c1-15-5-7-16(8-6-15)22(32)29(2)17-9-10-19-18(14-17)26-23(30(19)12-11-20(25)31)28-24(33)27-21-4-3-13-34-21/h3-10,13-14H,11-12H2,1-2H3,(H2,25,31)(H2,26,27,28,33). The van der Waals surface area contributed by atoms with Crippen molar-refractivity contribution in [3.63, 3.8) is 0 Å². The number of carbonyl (C=O) groups is 3. The number of imidazole rings is 1. The van der Waals surface area contributed by atoms with E-state index in [1.807, 2.05) is 30.5 Å². The van der Waals surface area contributed by atoms with Gasteiger partial charge in [0.1, 0.15) is 0 Å². The highest BCUT2D eigenvalue weighted by molar-refractivity contribution is 7.14. The molecular formula is C24H24N6O3S. The van der Waals surface area contributed by atoms with E-state index in [9.17, 15) is 14.4 Å². The maximum Gasteiger partial charge on any atom is 0.326 e. The number of aryl methyl sites for hydroxylation is 2. The largest absolute Gasteiger partial charge is 0.370 e. The molecule has 2 aromatic heterocycles. The number of benzene rings is 2. The Morgan fingerprint density at radius 2 is 1.85 bits per heavy atom. The van der Waals surface area contributed by atoms with Crippen LogP contribution in [0.3, 0.4) is 0 Å². The second-order valence-corrected chi connectivity index (χ2v) is 8.71. The zero-order valence-electron chi connectivity index (χ0n) is 18.7. The van der Waals surface area contributed by atoms with E-state index in [0.29, 0.717) is 27.3 Å². The summed E-state index contributed by atoms with van der Waals surface area (Å²) in [6, 6.07) is 15.9. The van der Waals surface area contributed by atoms with Crippen molar-refractivity contribution in [1.82, 2.24) is 9.55 Å². The van der Waals surface area contributed by atoms with Gasteiger partial charge in [-0.2, -0.15) is 0 Å². The number of nitrogens with zero attached hydrogens (tertiary/aromatic N) is 3. The van der Waals surface area contributed by atoms with Crippen molar-refractivity contribution < 1.29 is 14.4 Å². The van der Waals surface area contributed by atoms with Crippen LogP contribution < -0.4 is 21.3 Å². The highest BCUT2D eigenvalue weighted by Gasteiger charge is 2.18. The lowest BCUT2D eigenvalue weighted by Crippen LogP contribution is -2.26. The van der Waals surface area contributed by atoms with Crippen LogP contribution in [0.25, 0.3) is 11.0 Å². The van der Waals surface area contributed by atoms with Crippen molar-refractivity contribution in [2.75, 3.05) is 22.6 Å². The predicted octanol–water partition coefficient (Wildman–Crippen LogP) is 4.20. The summed E-state index contributed by atoms with van der Waals surface area (Å²) in [4.78, 5) is 42.9. The van der Waals surface area contributed by atoms with Gasteiger partial charge in [0.2, 0.25) is 11.9 Å². The first kappa shape index (κ1) is 23.0. The lowest BCUT2D eigenvalue weighted by Gasteiger charge is -2.17. The van der Waals surface area contributed by atoms with Gasteiger partial charge in [-0.05, 0) is 54.8 Å². The van der Waals surface area contributed by atoms with Crippen molar-refractivity contribution in [1.29, 1.82) is 0 Å². The fourth-order valence-corrected chi connectivity index (χ4v) is 4.08. The molecule has 0 atom stereocenters. The Bertz CT molecular complexity index is 1350. The number of anilines is 3. The molecule has 34 heavy (non-hydrogen) atoms. The SMILES string of the molecule is Cc1ccc(C(=O)N(C)c2ccc3c(c2)nc(NC(=O)Nc2cccs2)n3CCC(N)=O)cc1. The maximum absolute atomic E-state index is 12.9. The first-order chi connectivity index (χ1) is 16.3. The molecule has 4 amide bonds. The van der Waals surface area contributed by atoms with Gasteiger partial charge < -0.3 is 15.2 Å². The third-order valence-corrected chi connectivity index (χ3v) is 6.07. The van der Waals surface area contributed by atoms with Gasteiger partial charge in [-0.25, -0.2) is 9.78 Å². The van der Waals surface area contributed by atoms with E-state index in [1.165, 1.54) is 11.3 Å². The first-order valence-electron chi connectivity index (χ1n) is 10.6. The fraction of sp³-hybridized carbons (Fsp3) is 0.167. The van der Waals surface area contributed by atoms with Crippen LogP contribution in [0.2, 0.25) is 0 Å². The number of nitrogens with one attached hydrogen (secondary N) is 2. The number of carbonyl (C=O) groups excluding carboxylic acids is 3. The molecule has 2 heterocycles. The van der Waals surface area contributed by atoms with E-state index in [1.54, 1.807) is 52.9 Å². The quantitative estimate of drug-likeness (QED) is 0.370. The van der Waals surface area contributed by atoms with E-state index >= 15 is 0 Å². The van der Waals surface area contributed by atoms with Crippen molar-refractivity contribution in [2.45, 2.75) is 19.9 Å². The Kier molecular flexibility index (Phi) is 6.60. The van der Waals surface area contributed by atoms with Crippen molar-refractivity contribution in [2.24, 2.45) is 5.73 Å². The summed E-state index contributed by atoms with van der Waals surface area (Å²) < 4.78 is 1.72. The van der Waals surface area contributed by atoms with Gasteiger partial charge >= 0.3 is 6.03 Å². The number of nitrogens with two attached hydrogens (primary N) is 1. The summed E-state index contributed by atoms with van der Waals surface area (Å²) >= 11 is 1.39. The minimum atomic E-state index is -0.462. The van der Waals surface area contributed by atoms with E-state index in [0.717, 1.165) is 5.56 Å². The van der Waals surface area contributed by atoms with Gasteiger partial charge in [0.05, 0.1) is 16.0 Å². The van der Waals surface area contributed by atoms with Crippen molar-refractivity contribution in [3.05, 3.63) is 71.1 Å². The monoisotopic (exact) mass is 476 g/mol. The van der Waals surface area contributed by atoms with Gasteiger partial charge in [-0.3, -0.25) is 20.2 Å². The number of fused-ring (bicyclic) bond motifs is 1. The third-order valence-electron chi connectivity index (χ3n) is 5.29. The summed E-state index contributed by atoms with van der Waals surface area (Å²) in [5, 5.41) is 8.03. The number of hydrogen-bond donors (Lipinski definition) is 3. The molecule has 4 N–H and O–H groups in total. The van der Waals surface area contributed by atoms with Crippen LogP contribution in [0.4, 0.5) is 21.4 Å². The van der Waals surface area contributed by atoms with Crippen LogP contribution >= 0.6 is 11.3 Å². The number of amides is 4. The predicted molar refractivity (Wildman–Crippen MR) is 134 cm³/mol. The van der Waals surface area contributed by atoms with E-state index in [4.69, 9.17) is 5.73 Å². The smallest absolute Gasteiger partial charge is 0.326 e. The lowest BCUT2D eigenvalue weighted by atomic mass is 10.1. The summed E-state index contributed by atoms with van der Waals surface area (Å²) in [6.07, 6.45) is 0.0836. The summed E-state index contributed by atoms with van der Waals surface area (Å²) in [5.41, 5.74) is 8.91. The number of rotatable bonds is 7. The molecule has 4 aromatic rings.